The van der Waals surface area contributed by atoms with Crippen LogP contribution in [-0.2, 0) is 28.5 Å². The minimum absolute atomic E-state index is 0.101. The summed E-state index contributed by atoms with van der Waals surface area (Å²) in [7, 11) is 0. The van der Waals surface area contributed by atoms with Crippen LogP contribution in [0.1, 0.15) is 34.1 Å². The van der Waals surface area contributed by atoms with Gasteiger partial charge < -0.3 is 18.9 Å². The van der Waals surface area contributed by atoms with Crippen LogP contribution in [0.25, 0.3) is 0 Å². The molecule has 0 aromatic carbocycles. The second-order valence-corrected chi connectivity index (χ2v) is 3.72. The minimum atomic E-state index is -0.776. The normalized spacial score (nSPS) is 11.2. The zero-order valence-electron chi connectivity index (χ0n) is 12.6. The molecule has 0 aromatic rings. The van der Waals surface area contributed by atoms with Crippen LogP contribution in [0.15, 0.2) is 12.0 Å². The number of esters is 2. The van der Waals surface area contributed by atoms with Crippen LogP contribution >= 0.6 is 0 Å². The molecule has 0 aliphatic carbocycles. The van der Waals surface area contributed by atoms with Crippen molar-refractivity contribution in [2.24, 2.45) is 5.92 Å². The van der Waals surface area contributed by atoms with E-state index in [0.717, 1.165) is 0 Å². The second kappa shape index (κ2) is 11.1. The van der Waals surface area contributed by atoms with Crippen molar-refractivity contribution in [3.8, 4) is 0 Å². The first-order valence-electron chi connectivity index (χ1n) is 6.88. The third kappa shape index (κ3) is 7.66. The van der Waals surface area contributed by atoms with Gasteiger partial charge in [0.25, 0.3) is 5.95 Å². The Bertz CT molecular complexity index is 316. The van der Waals surface area contributed by atoms with Gasteiger partial charge in [-0.05, 0) is 27.7 Å². The van der Waals surface area contributed by atoms with Crippen LogP contribution in [-0.4, -0.2) is 38.4 Å². The zero-order valence-corrected chi connectivity index (χ0v) is 12.6. The lowest BCUT2D eigenvalue weighted by atomic mass is 10.1. The van der Waals surface area contributed by atoms with Crippen molar-refractivity contribution in [1.82, 2.24) is 0 Å². The van der Waals surface area contributed by atoms with E-state index in [1.54, 1.807) is 27.7 Å². The molecule has 0 aliphatic heterocycles. The number of carbonyl (C=O) groups is 2. The van der Waals surface area contributed by atoms with Gasteiger partial charge >= 0.3 is 11.9 Å². The number of ether oxygens (including phenoxy) is 4. The van der Waals surface area contributed by atoms with E-state index in [9.17, 15) is 9.59 Å². The molecule has 1 atom stereocenters. The molecule has 0 amide bonds. The molecule has 0 bridgehead atoms. The van der Waals surface area contributed by atoms with E-state index in [-0.39, 0.29) is 25.6 Å². The van der Waals surface area contributed by atoms with Gasteiger partial charge in [0.1, 0.15) is 0 Å². The van der Waals surface area contributed by atoms with Crippen molar-refractivity contribution in [2.45, 2.75) is 34.1 Å². The first kappa shape index (κ1) is 18.3. The zero-order chi connectivity index (χ0) is 15.4. The number of rotatable bonds is 10. The van der Waals surface area contributed by atoms with E-state index < -0.39 is 17.9 Å². The van der Waals surface area contributed by atoms with Gasteiger partial charge in [0.2, 0.25) is 0 Å². The third-order valence-electron chi connectivity index (χ3n) is 2.19. The maximum absolute atomic E-state index is 11.8. The van der Waals surface area contributed by atoms with Gasteiger partial charge in [0, 0.05) is 6.08 Å². The van der Waals surface area contributed by atoms with Gasteiger partial charge in [0.05, 0.1) is 38.8 Å². The van der Waals surface area contributed by atoms with E-state index in [0.29, 0.717) is 13.2 Å². The Morgan fingerprint density at radius 2 is 1.35 bits per heavy atom. The summed E-state index contributed by atoms with van der Waals surface area (Å²) in [5.74, 6) is -1.52. The van der Waals surface area contributed by atoms with Gasteiger partial charge in [-0.15, -0.1) is 0 Å². The lowest BCUT2D eigenvalue weighted by Crippen LogP contribution is -2.21. The molecule has 20 heavy (non-hydrogen) atoms. The van der Waals surface area contributed by atoms with Crippen LogP contribution in [0.2, 0.25) is 0 Å². The van der Waals surface area contributed by atoms with Gasteiger partial charge in [-0.25, -0.2) is 0 Å². The lowest BCUT2D eigenvalue weighted by molar-refractivity contribution is -0.153. The Morgan fingerprint density at radius 3 is 1.80 bits per heavy atom. The minimum Gasteiger partial charge on any atom is -0.466 e. The number of hydrogen-bond donors (Lipinski definition) is 0. The highest BCUT2D eigenvalue weighted by Crippen LogP contribution is 2.14. The van der Waals surface area contributed by atoms with Crippen molar-refractivity contribution in [2.75, 3.05) is 26.4 Å². The van der Waals surface area contributed by atoms with Crippen LogP contribution in [0.4, 0.5) is 0 Å². The first-order chi connectivity index (χ1) is 9.58. The predicted octanol–water partition coefficient (Wildman–Crippen LogP) is 2.03. The maximum Gasteiger partial charge on any atom is 0.313 e. The molecule has 0 spiro atoms. The highest BCUT2D eigenvalue weighted by atomic mass is 16.7. The molecule has 0 aliphatic rings. The van der Waals surface area contributed by atoms with E-state index >= 15 is 0 Å². The van der Waals surface area contributed by atoms with Crippen molar-refractivity contribution in [1.29, 1.82) is 0 Å². The quantitative estimate of drug-likeness (QED) is 0.452. The SMILES string of the molecule is CCOC(=O)CC(C=C(OCC)OCC)C(=O)OCC. The van der Waals surface area contributed by atoms with Gasteiger partial charge in [-0.2, -0.15) is 0 Å². The van der Waals surface area contributed by atoms with Gasteiger partial charge in [-0.3, -0.25) is 9.59 Å². The fourth-order valence-electron chi connectivity index (χ4n) is 1.45. The van der Waals surface area contributed by atoms with E-state index in [4.69, 9.17) is 18.9 Å². The lowest BCUT2D eigenvalue weighted by Gasteiger charge is -2.14. The highest BCUT2D eigenvalue weighted by Gasteiger charge is 2.23. The summed E-state index contributed by atoms with van der Waals surface area (Å²) in [5.41, 5.74) is 0. The molecular weight excluding hydrogens is 264 g/mol. The summed E-state index contributed by atoms with van der Waals surface area (Å²) < 4.78 is 20.3. The van der Waals surface area contributed by atoms with Gasteiger partial charge in [-0.1, -0.05) is 0 Å². The predicted molar refractivity (Wildman–Crippen MR) is 72.7 cm³/mol. The Hall–Kier alpha value is -1.72. The summed E-state index contributed by atoms with van der Waals surface area (Å²) in [6.45, 7) is 8.33. The first-order valence-corrected chi connectivity index (χ1v) is 6.88. The fourth-order valence-corrected chi connectivity index (χ4v) is 1.45. The van der Waals surface area contributed by atoms with Crippen LogP contribution < -0.4 is 0 Å². The maximum atomic E-state index is 11.8. The summed E-state index contributed by atoms with van der Waals surface area (Å²) in [6.07, 6.45) is 1.36. The standard InChI is InChI=1S/C14H24O6/c1-5-17-12(15)9-11(14(16)20-8-4)10-13(18-6-2)19-7-3/h10-11H,5-9H2,1-4H3. The monoisotopic (exact) mass is 288 g/mol. The molecule has 0 aromatic heterocycles. The molecule has 0 N–H and O–H groups in total. The topological polar surface area (TPSA) is 71.1 Å². The van der Waals surface area contributed by atoms with Crippen molar-refractivity contribution in [3.05, 3.63) is 12.0 Å². The molecule has 0 heterocycles. The van der Waals surface area contributed by atoms with Crippen LogP contribution in [0.5, 0.6) is 0 Å². The molecule has 0 rings (SSSR count). The Kier molecular flexibility index (Phi) is 10.2. The molecule has 0 saturated heterocycles. The fraction of sp³-hybridized carbons (Fsp3) is 0.714. The molecule has 6 nitrogen and oxygen atoms in total. The van der Waals surface area contributed by atoms with E-state index in [1.807, 2.05) is 0 Å². The Balaban J connectivity index is 4.92. The molecule has 0 radical (unpaired) electrons. The van der Waals surface area contributed by atoms with E-state index in [2.05, 4.69) is 0 Å². The summed E-state index contributed by atoms with van der Waals surface area (Å²) in [5, 5.41) is 0. The average molecular weight is 288 g/mol. The molecular formula is C14H24O6. The van der Waals surface area contributed by atoms with Crippen molar-refractivity contribution < 1.29 is 28.5 Å². The van der Waals surface area contributed by atoms with Crippen molar-refractivity contribution >= 4 is 11.9 Å². The number of hydrogen-bond acceptors (Lipinski definition) is 6. The van der Waals surface area contributed by atoms with E-state index in [1.165, 1.54) is 6.08 Å². The largest absolute Gasteiger partial charge is 0.466 e. The molecule has 116 valence electrons. The van der Waals surface area contributed by atoms with Crippen molar-refractivity contribution in [3.63, 3.8) is 0 Å². The van der Waals surface area contributed by atoms with Crippen LogP contribution in [0, 0.1) is 5.92 Å². The highest BCUT2D eigenvalue weighted by molar-refractivity contribution is 5.81. The third-order valence-corrected chi connectivity index (χ3v) is 2.19. The molecule has 1 unspecified atom stereocenters. The molecule has 6 heteroatoms. The Morgan fingerprint density at radius 1 is 0.850 bits per heavy atom. The number of carbonyl (C=O) groups excluding carboxylic acids is 2. The Labute approximate surface area is 120 Å². The van der Waals surface area contributed by atoms with Gasteiger partial charge in [0.15, 0.2) is 0 Å². The smallest absolute Gasteiger partial charge is 0.313 e. The average Bonchev–Trinajstić information content (AvgIpc) is 2.39. The summed E-state index contributed by atoms with van der Waals surface area (Å²) >= 11 is 0. The van der Waals surface area contributed by atoms with Crippen LogP contribution in [0.3, 0.4) is 0 Å². The molecule has 0 fully saturated rings. The molecule has 0 saturated carbocycles. The summed E-state index contributed by atoms with van der Waals surface area (Å²) in [6, 6.07) is 0. The second-order valence-electron chi connectivity index (χ2n) is 3.72. The summed E-state index contributed by atoms with van der Waals surface area (Å²) in [4.78, 5) is 23.4.